The van der Waals surface area contributed by atoms with Crippen LogP contribution in [0.2, 0.25) is 0 Å². The zero-order valence-electron chi connectivity index (χ0n) is 8.72. The van der Waals surface area contributed by atoms with Gasteiger partial charge in [0.2, 0.25) is 0 Å². The summed E-state index contributed by atoms with van der Waals surface area (Å²) in [6.45, 7) is 2.55. The van der Waals surface area contributed by atoms with Crippen molar-refractivity contribution in [1.82, 2.24) is 10.3 Å². The first-order valence-corrected chi connectivity index (χ1v) is 6.25. The number of hydrogen-bond donors (Lipinski definition) is 4. The van der Waals surface area contributed by atoms with Crippen LogP contribution in [0.4, 0.5) is 5.82 Å². The average molecular weight is 256 g/mol. The van der Waals surface area contributed by atoms with Gasteiger partial charge >= 0.3 is 0 Å². The van der Waals surface area contributed by atoms with E-state index in [4.69, 9.17) is 18.0 Å². The first-order valence-electron chi connectivity index (χ1n) is 4.85. The Balaban J connectivity index is 2.47. The highest BCUT2D eigenvalue weighted by Gasteiger charge is 2.24. The minimum absolute atomic E-state index is 0.412. The van der Waals surface area contributed by atoms with Crippen molar-refractivity contribution in [2.45, 2.75) is 18.5 Å². The molecule has 1 aromatic rings. The molecule has 2 heterocycles. The molecule has 1 amide bonds. The van der Waals surface area contributed by atoms with Gasteiger partial charge in [-0.15, -0.1) is 11.8 Å². The number of nitrogens with two attached hydrogens (primary N) is 1. The Morgan fingerprint density at radius 3 is 3.00 bits per heavy atom. The van der Waals surface area contributed by atoms with E-state index >= 15 is 0 Å². The van der Waals surface area contributed by atoms with Crippen LogP contribution in [-0.4, -0.2) is 21.8 Å². The van der Waals surface area contributed by atoms with Gasteiger partial charge in [0.05, 0.1) is 10.6 Å². The summed E-state index contributed by atoms with van der Waals surface area (Å²) >= 11 is 6.56. The van der Waals surface area contributed by atoms with Crippen LogP contribution < -0.4 is 16.4 Å². The lowest BCUT2D eigenvalue weighted by atomic mass is 10.1. The quantitative estimate of drug-likeness (QED) is 0.479. The van der Waals surface area contributed by atoms with Gasteiger partial charge in [0.15, 0.2) is 5.11 Å². The van der Waals surface area contributed by atoms with Crippen molar-refractivity contribution >= 4 is 40.8 Å². The van der Waals surface area contributed by atoms with Crippen LogP contribution in [0.3, 0.4) is 0 Å². The topological polar surface area (TPSA) is 82.9 Å². The zero-order valence-corrected chi connectivity index (χ0v) is 10.3. The van der Waals surface area contributed by atoms with Gasteiger partial charge in [0.25, 0.3) is 5.91 Å². The summed E-state index contributed by atoms with van der Waals surface area (Å²) in [6, 6.07) is 0. The van der Waals surface area contributed by atoms with Gasteiger partial charge in [-0.3, -0.25) is 4.79 Å². The number of carbonyl (C=O) groups is 1. The van der Waals surface area contributed by atoms with Crippen molar-refractivity contribution in [3.63, 3.8) is 0 Å². The highest BCUT2D eigenvalue weighted by atomic mass is 32.2. The number of carbonyl (C=O) groups excluding carboxylic acids is 1. The highest BCUT2D eigenvalue weighted by Crippen LogP contribution is 2.31. The molecule has 0 spiro atoms. The fourth-order valence-corrected chi connectivity index (χ4v) is 2.64. The number of amides is 1. The number of thiocarbonyl (C=S) groups is 1. The molecule has 0 bridgehead atoms. The third-order valence-electron chi connectivity index (χ3n) is 2.27. The van der Waals surface area contributed by atoms with Crippen molar-refractivity contribution in [3.8, 4) is 0 Å². The first-order chi connectivity index (χ1) is 7.63. The normalized spacial score (nSPS) is 13.9. The predicted molar refractivity (Wildman–Crippen MR) is 68.8 cm³/mol. The van der Waals surface area contributed by atoms with E-state index in [9.17, 15) is 4.79 Å². The number of nitrogens with one attached hydrogen (secondary N) is 3. The van der Waals surface area contributed by atoms with Crippen LogP contribution in [0, 0.1) is 0 Å². The van der Waals surface area contributed by atoms with Crippen LogP contribution >= 0.6 is 24.0 Å². The summed E-state index contributed by atoms with van der Waals surface area (Å²) in [5, 5.41) is 7.31. The number of aromatic nitrogens is 1. The lowest BCUT2D eigenvalue weighted by molar-refractivity contribution is 0.0996. The summed E-state index contributed by atoms with van der Waals surface area (Å²) in [5.74, 6) is 1.23. The SMILES string of the molecule is CCSc1[nH]c2c(c1C(N)=O)CNC(=S)N2. The van der Waals surface area contributed by atoms with E-state index in [0.29, 0.717) is 17.2 Å². The Hall–Kier alpha value is -1.21. The van der Waals surface area contributed by atoms with E-state index in [2.05, 4.69) is 15.6 Å². The Morgan fingerprint density at radius 1 is 1.62 bits per heavy atom. The second-order valence-electron chi connectivity index (χ2n) is 3.29. The lowest BCUT2D eigenvalue weighted by Crippen LogP contribution is -2.33. The van der Waals surface area contributed by atoms with E-state index in [0.717, 1.165) is 22.2 Å². The molecule has 0 saturated heterocycles. The van der Waals surface area contributed by atoms with Gasteiger partial charge in [-0.05, 0) is 18.0 Å². The number of thioether (sulfide) groups is 1. The van der Waals surface area contributed by atoms with Gasteiger partial charge in [-0.25, -0.2) is 0 Å². The molecule has 0 aliphatic carbocycles. The monoisotopic (exact) mass is 256 g/mol. The molecule has 0 fully saturated rings. The minimum atomic E-state index is -0.412. The standard InChI is InChI=1S/C9H12N4OS2/c1-2-16-8-5(6(10)14)4-3-11-9(15)13-7(4)12-8/h12H,2-3H2,1H3,(H2,10,14)(H2,11,13,15). The molecule has 16 heavy (non-hydrogen) atoms. The summed E-state index contributed by atoms with van der Waals surface area (Å²) in [6.07, 6.45) is 0. The number of H-pyrrole nitrogens is 1. The zero-order chi connectivity index (χ0) is 11.7. The Bertz CT molecular complexity index is 455. The maximum Gasteiger partial charge on any atom is 0.251 e. The molecule has 0 atom stereocenters. The van der Waals surface area contributed by atoms with Gasteiger partial charge in [0, 0.05) is 12.1 Å². The molecular formula is C9H12N4OS2. The molecule has 0 unspecified atom stereocenters. The van der Waals surface area contributed by atoms with Gasteiger partial charge in [-0.1, -0.05) is 6.92 Å². The van der Waals surface area contributed by atoms with Gasteiger partial charge in [-0.2, -0.15) is 0 Å². The molecule has 2 rings (SSSR count). The number of hydrogen-bond acceptors (Lipinski definition) is 3. The molecule has 1 aromatic heterocycles. The fourth-order valence-electron chi connectivity index (χ4n) is 1.64. The van der Waals surface area contributed by atoms with E-state index in [1.165, 1.54) is 0 Å². The number of fused-ring (bicyclic) bond motifs is 1. The summed E-state index contributed by atoms with van der Waals surface area (Å²) < 4.78 is 0. The van der Waals surface area contributed by atoms with Crippen molar-refractivity contribution < 1.29 is 4.79 Å². The maximum atomic E-state index is 11.4. The maximum absolute atomic E-state index is 11.4. The second kappa shape index (κ2) is 4.34. The average Bonchev–Trinajstić information content (AvgIpc) is 2.55. The number of anilines is 1. The molecule has 5 nitrogen and oxygen atoms in total. The van der Waals surface area contributed by atoms with E-state index in [1.807, 2.05) is 6.92 Å². The molecule has 86 valence electrons. The molecule has 7 heteroatoms. The second-order valence-corrected chi connectivity index (χ2v) is 4.97. The van der Waals surface area contributed by atoms with Gasteiger partial charge in [0.1, 0.15) is 5.82 Å². The molecule has 0 radical (unpaired) electrons. The Labute approximate surface area is 103 Å². The van der Waals surface area contributed by atoms with Crippen molar-refractivity contribution in [1.29, 1.82) is 0 Å². The largest absolute Gasteiger partial charge is 0.366 e. The van der Waals surface area contributed by atoms with E-state index in [1.54, 1.807) is 11.8 Å². The highest BCUT2D eigenvalue weighted by molar-refractivity contribution is 7.99. The Morgan fingerprint density at radius 2 is 2.38 bits per heavy atom. The summed E-state index contributed by atoms with van der Waals surface area (Å²) in [5.41, 5.74) is 6.81. The first kappa shape index (κ1) is 11.3. The number of rotatable bonds is 3. The summed E-state index contributed by atoms with van der Waals surface area (Å²) in [4.78, 5) is 14.6. The molecule has 5 N–H and O–H groups in total. The predicted octanol–water partition coefficient (Wildman–Crippen LogP) is 1.03. The Kier molecular flexibility index (Phi) is 3.06. The van der Waals surface area contributed by atoms with Crippen LogP contribution in [0.25, 0.3) is 0 Å². The molecule has 1 aliphatic rings. The molecular weight excluding hydrogens is 244 g/mol. The minimum Gasteiger partial charge on any atom is -0.366 e. The smallest absolute Gasteiger partial charge is 0.251 e. The van der Waals surface area contributed by atoms with Crippen molar-refractivity contribution in [2.75, 3.05) is 11.1 Å². The van der Waals surface area contributed by atoms with Crippen LogP contribution in [0.15, 0.2) is 5.03 Å². The summed E-state index contributed by atoms with van der Waals surface area (Å²) in [7, 11) is 0. The third kappa shape index (κ3) is 1.88. The molecule has 1 aliphatic heterocycles. The lowest BCUT2D eigenvalue weighted by Gasteiger charge is -2.17. The van der Waals surface area contributed by atoms with E-state index < -0.39 is 5.91 Å². The van der Waals surface area contributed by atoms with E-state index in [-0.39, 0.29) is 0 Å². The molecule has 0 aromatic carbocycles. The van der Waals surface area contributed by atoms with Crippen molar-refractivity contribution in [3.05, 3.63) is 11.1 Å². The van der Waals surface area contributed by atoms with Gasteiger partial charge < -0.3 is 21.4 Å². The van der Waals surface area contributed by atoms with Crippen LogP contribution in [-0.2, 0) is 6.54 Å². The third-order valence-corrected chi connectivity index (χ3v) is 3.40. The van der Waals surface area contributed by atoms with Crippen LogP contribution in [0.5, 0.6) is 0 Å². The molecule has 0 saturated carbocycles. The fraction of sp³-hybridized carbons (Fsp3) is 0.333. The van der Waals surface area contributed by atoms with Crippen LogP contribution in [0.1, 0.15) is 22.8 Å². The van der Waals surface area contributed by atoms with Crippen molar-refractivity contribution in [2.24, 2.45) is 5.73 Å². The number of aromatic amines is 1. The number of primary amides is 1.